The molecular weight excluding hydrogens is 588 g/mol. The molecule has 3 N–H and O–H groups in total. The molecule has 0 saturated carbocycles. The van der Waals surface area contributed by atoms with Gasteiger partial charge in [0.05, 0.1) is 0 Å². The Kier molecular flexibility index (Phi) is 38.5. The van der Waals surface area contributed by atoms with Crippen molar-refractivity contribution in [2.45, 2.75) is 245 Å². The van der Waals surface area contributed by atoms with Crippen molar-refractivity contribution in [3.63, 3.8) is 0 Å². The highest BCUT2D eigenvalue weighted by atomic mass is 16.1. The normalized spacial score (nSPS) is 12.4. The number of nitrogens with one attached hydrogen (secondary N) is 1. The number of carbonyl (C=O) groups excluding carboxylic acids is 2. The monoisotopic (exact) mass is 673 g/mol. The fourth-order valence-corrected chi connectivity index (χ4v) is 6.67. The summed E-state index contributed by atoms with van der Waals surface area (Å²) in [6.45, 7) is 4.56. The molecule has 0 saturated heterocycles. The SMILES string of the molecule is CCCCCCCCCCCCCCCCCCCC=CC(=O)NC(CC=CCCCCCCCCCC(N)=O)CCCCCCCC. The summed E-state index contributed by atoms with van der Waals surface area (Å²) in [6, 6.07) is 0.241. The van der Waals surface area contributed by atoms with Crippen LogP contribution in [0.1, 0.15) is 239 Å². The average Bonchev–Trinajstić information content (AvgIpc) is 3.07. The molecule has 2 amide bonds. The topological polar surface area (TPSA) is 72.2 Å². The first-order valence-electron chi connectivity index (χ1n) is 21.5. The van der Waals surface area contributed by atoms with E-state index in [-0.39, 0.29) is 17.9 Å². The van der Waals surface area contributed by atoms with Crippen molar-refractivity contribution in [3.8, 4) is 0 Å². The highest BCUT2D eigenvalue weighted by Gasteiger charge is 2.09. The van der Waals surface area contributed by atoms with Crippen molar-refractivity contribution in [2.75, 3.05) is 0 Å². The second-order valence-electron chi connectivity index (χ2n) is 14.8. The van der Waals surface area contributed by atoms with Crippen molar-refractivity contribution < 1.29 is 9.59 Å². The zero-order chi connectivity index (χ0) is 35.0. The minimum absolute atomic E-state index is 0.0854. The Balaban J connectivity index is 3.95. The Morgan fingerprint density at radius 1 is 0.479 bits per heavy atom. The summed E-state index contributed by atoms with van der Waals surface area (Å²) in [5.74, 6) is -0.0925. The van der Waals surface area contributed by atoms with Gasteiger partial charge in [0.25, 0.3) is 0 Å². The van der Waals surface area contributed by atoms with E-state index >= 15 is 0 Å². The van der Waals surface area contributed by atoms with E-state index in [0.29, 0.717) is 6.42 Å². The van der Waals surface area contributed by atoms with Gasteiger partial charge < -0.3 is 11.1 Å². The largest absolute Gasteiger partial charge is 0.370 e. The minimum Gasteiger partial charge on any atom is -0.370 e. The van der Waals surface area contributed by atoms with Crippen LogP contribution in [0.4, 0.5) is 0 Å². The van der Waals surface area contributed by atoms with Gasteiger partial charge in [0.1, 0.15) is 0 Å². The van der Waals surface area contributed by atoms with Gasteiger partial charge in [-0.15, -0.1) is 0 Å². The van der Waals surface area contributed by atoms with Crippen molar-refractivity contribution >= 4 is 11.8 Å². The number of hydrogen-bond donors (Lipinski definition) is 2. The Labute approximate surface area is 300 Å². The fourth-order valence-electron chi connectivity index (χ4n) is 6.67. The first-order valence-corrected chi connectivity index (χ1v) is 21.5. The molecule has 0 aromatic rings. The molecule has 1 unspecified atom stereocenters. The quantitative estimate of drug-likeness (QED) is 0.0387. The second kappa shape index (κ2) is 39.9. The average molecular weight is 673 g/mol. The van der Waals surface area contributed by atoms with Gasteiger partial charge in [-0.1, -0.05) is 205 Å². The molecule has 0 fully saturated rings. The Bertz CT molecular complexity index is 731. The lowest BCUT2D eigenvalue weighted by Crippen LogP contribution is -2.33. The number of primary amides is 1. The van der Waals surface area contributed by atoms with Crippen LogP contribution in [0.5, 0.6) is 0 Å². The number of allylic oxidation sites excluding steroid dienone is 2. The Morgan fingerprint density at radius 2 is 0.854 bits per heavy atom. The van der Waals surface area contributed by atoms with E-state index in [1.807, 2.05) is 0 Å². The first-order chi connectivity index (χ1) is 23.6. The van der Waals surface area contributed by atoms with Crippen LogP contribution >= 0.6 is 0 Å². The van der Waals surface area contributed by atoms with Crippen molar-refractivity contribution in [1.82, 2.24) is 5.32 Å². The molecule has 48 heavy (non-hydrogen) atoms. The molecule has 0 rings (SSSR count). The van der Waals surface area contributed by atoms with Crippen molar-refractivity contribution in [2.24, 2.45) is 5.73 Å². The zero-order valence-electron chi connectivity index (χ0n) is 32.5. The van der Waals surface area contributed by atoms with E-state index in [9.17, 15) is 9.59 Å². The number of nitrogens with two attached hydrogens (primary N) is 1. The third kappa shape index (κ3) is 38.9. The Morgan fingerprint density at radius 3 is 1.29 bits per heavy atom. The van der Waals surface area contributed by atoms with Gasteiger partial charge >= 0.3 is 0 Å². The lowest BCUT2D eigenvalue weighted by atomic mass is 10.0. The lowest BCUT2D eigenvalue weighted by Gasteiger charge is -2.16. The summed E-state index contributed by atoms with van der Waals surface area (Å²) in [6.07, 6.45) is 52.9. The van der Waals surface area contributed by atoms with Gasteiger partial charge in [-0.2, -0.15) is 0 Å². The molecule has 4 nitrogen and oxygen atoms in total. The standard InChI is InChI=1S/C44H84N2O2/c1-3-5-7-9-11-12-13-14-15-16-17-18-19-20-21-26-29-33-37-41-44(48)46-42(38-34-30-10-8-6-4-2)39-35-31-27-24-22-23-25-28-32-36-40-43(45)47/h31,35,37,41-42H,3-30,32-34,36,38-40H2,1-2H3,(H2,45,47)(H,46,48). The number of amides is 2. The zero-order valence-corrected chi connectivity index (χ0v) is 32.5. The Hall–Kier alpha value is -1.58. The highest BCUT2D eigenvalue weighted by molar-refractivity contribution is 5.87. The predicted octanol–water partition coefficient (Wildman–Crippen LogP) is 13.8. The van der Waals surface area contributed by atoms with Crippen molar-refractivity contribution in [3.05, 3.63) is 24.3 Å². The molecule has 0 heterocycles. The third-order valence-electron chi connectivity index (χ3n) is 9.88. The van der Waals surface area contributed by atoms with Crippen molar-refractivity contribution in [1.29, 1.82) is 0 Å². The first kappa shape index (κ1) is 46.4. The maximum Gasteiger partial charge on any atom is 0.243 e. The lowest BCUT2D eigenvalue weighted by molar-refractivity contribution is -0.118. The molecule has 0 aromatic carbocycles. The maximum absolute atomic E-state index is 12.7. The van der Waals surface area contributed by atoms with E-state index in [1.165, 1.54) is 180 Å². The van der Waals surface area contributed by atoms with Crippen LogP contribution in [-0.4, -0.2) is 17.9 Å². The molecule has 0 aromatic heterocycles. The van der Waals surface area contributed by atoms with Gasteiger partial charge in [0.2, 0.25) is 11.8 Å². The van der Waals surface area contributed by atoms with Crippen LogP contribution in [0.3, 0.4) is 0 Å². The van der Waals surface area contributed by atoms with E-state index in [1.54, 1.807) is 6.08 Å². The summed E-state index contributed by atoms with van der Waals surface area (Å²) in [5, 5.41) is 3.31. The van der Waals surface area contributed by atoms with Gasteiger partial charge in [0, 0.05) is 12.5 Å². The molecule has 0 aliphatic carbocycles. The van der Waals surface area contributed by atoms with E-state index in [0.717, 1.165) is 38.5 Å². The molecule has 0 spiro atoms. The van der Waals surface area contributed by atoms with Crippen LogP contribution in [0, 0.1) is 0 Å². The fraction of sp³-hybridized carbons (Fsp3) is 0.864. The smallest absolute Gasteiger partial charge is 0.243 e. The molecule has 282 valence electrons. The number of carbonyl (C=O) groups is 2. The van der Waals surface area contributed by atoms with Gasteiger partial charge in [-0.25, -0.2) is 0 Å². The van der Waals surface area contributed by atoms with Crippen LogP contribution < -0.4 is 11.1 Å². The van der Waals surface area contributed by atoms with Crippen LogP contribution in [0.25, 0.3) is 0 Å². The van der Waals surface area contributed by atoms with E-state index < -0.39 is 0 Å². The van der Waals surface area contributed by atoms with Crippen LogP contribution in [0.2, 0.25) is 0 Å². The van der Waals surface area contributed by atoms with E-state index in [4.69, 9.17) is 5.73 Å². The minimum atomic E-state index is -0.178. The summed E-state index contributed by atoms with van der Waals surface area (Å²) < 4.78 is 0. The van der Waals surface area contributed by atoms with Gasteiger partial charge in [-0.05, 0) is 51.0 Å². The van der Waals surface area contributed by atoms with Crippen LogP contribution in [0.15, 0.2) is 24.3 Å². The highest BCUT2D eigenvalue weighted by Crippen LogP contribution is 2.15. The molecule has 0 bridgehead atoms. The van der Waals surface area contributed by atoms with E-state index in [2.05, 4.69) is 37.4 Å². The number of rotatable bonds is 39. The number of hydrogen-bond acceptors (Lipinski definition) is 2. The summed E-state index contributed by atoms with van der Waals surface area (Å²) in [4.78, 5) is 23.5. The predicted molar refractivity (Wildman–Crippen MR) is 212 cm³/mol. The summed E-state index contributed by atoms with van der Waals surface area (Å²) in [5.41, 5.74) is 5.20. The molecular formula is C44H84N2O2. The molecule has 0 aliphatic heterocycles. The molecule has 0 radical (unpaired) electrons. The summed E-state index contributed by atoms with van der Waals surface area (Å²) >= 11 is 0. The second-order valence-corrected chi connectivity index (χ2v) is 14.8. The molecule has 0 aliphatic rings. The molecule has 4 heteroatoms. The van der Waals surface area contributed by atoms with Gasteiger partial charge in [-0.3, -0.25) is 9.59 Å². The summed E-state index contributed by atoms with van der Waals surface area (Å²) in [7, 11) is 0. The maximum atomic E-state index is 12.7. The molecule has 1 atom stereocenters. The number of unbranched alkanes of at least 4 members (excludes halogenated alkanes) is 29. The van der Waals surface area contributed by atoms with Gasteiger partial charge in [0.15, 0.2) is 0 Å². The van der Waals surface area contributed by atoms with Crippen LogP contribution in [-0.2, 0) is 9.59 Å². The third-order valence-corrected chi connectivity index (χ3v) is 9.88.